The highest BCUT2D eigenvalue weighted by Crippen LogP contribution is 2.31. The fraction of sp³-hybridized carbons (Fsp3) is 0.500. The summed E-state index contributed by atoms with van der Waals surface area (Å²) < 4.78 is 57.7. The second-order valence-electron chi connectivity index (χ2n) is 6.02. The van der Waals surface area contributed by atoms with Gasteiger partial charge < -0.3 is 20.7 Å². The van der Waals surface area contributed by atoms with Gasteiger partial charge in [0.2, 0.25) is 5.91 Å². The first-order valence-corrected chi connectivity index (χ1v) is 7.84. The molecule has 0 spiro atoms. The van der Waals surface area contributed by atoms with Gasteiger partial charge in [0.05, 0.1) is 18.2 Å². The van der Waals surface area contributed by atoms with Crippen molar-refractivity contribution in [1.29, 1.82) is 0 Å². The quantitative estimate of drug-likeness (QED) is 0.770. The second kappa shape index (κ2) is 7.90. The first kappa shape index (κ1) is 20.0. The Kier molecular flexibility index (Phi) is 6.06. The maximum atomic E-state index is 14.0. The van der Waals surface area contributed by atoms with Crippen molar-refractivity contribution in [3.05, 3.63) is 35.1 Å². The Hall–Kier alpha value is -2.36. The number of nitrogens with two attached hydrogens (primary N) is 1. The van der Waals surface area contributed by atoms with Crippen LogP contribution in [0.5, 0.6) is 0 Å². The molecule has 0 aliphatic carbocycles. The summed E-state index contributed by atoms with van der Waals surface area (Å²) in [4.78, 5) is 24.8. The molecular formula is C16H19F4N3O3. The lowest BCUT2D eigenvalue weighted by molar-refractivity contribution is -0.141. The van der Waals surface area contributed by atoms with Crippen LogP contribution in [0.15, 0.2) is 18.2 Å². The van der Waals surface area contributed by atoms with Gasteiger partial charge in [0, 0.05) is 19.2 Å². The van der Waals surface area contributed by atoms with Gasteiger partial charge in [-0.05, 0) is 31.0 Å². The van der Waals surface area contributed by atoms with E-state index < -0.39 is 41.6 Å². The SMILES string of the molecule is COC[C@@H]1CC[C@@H](NC(N)=O)C(=O)N1Cc1cc(C(F)(F)F)ccc1F. The van der Waals surface area contributed by atoms with E-state index in [2.05, 4.69) is 5.32 Å². The molecule has 3 N–H and O–H groups in total. The number of amides is 3. The van der Waals surface area contributed by atoms with E-state index >= 15 is 0 Å². The van der Waals surface area contributed by atoms with Gasteiger partial charge in [-0.25, -0.2) is 9.18 Å². The van der Waals surface area contributed by atoms with Crippen molar-refractivity contribution in [3.63, 3.8) is 0 Å². The van der Waals surface area contributed by atoms with Gasteiger partial charge in [0.25, 0.3) is 0 Å². The minimum atomic E-state index is -4.63. The third-order valence-corrected chi connectivity index (χ3v) is 4.20. The monoisotopic (exact) mass is 377 g/mol. The lowest BCUT2D eigenvalue weighted by Gasteiger charge is -2.39. The van der Waals surface area contributed by atoms with Gasteiger partial charge in [-0.1, -0.05) is 0 Å². The van der Waals surface area contributed by atoms with Gasteiger partial charge in [0.15, 0.2) is 0 Å². The van der Waals surface area contributed by atoms with E-state index in [1.807, 2.05) is 0 Å². The molecule has 144 valence electrons. The van der Waals surface area contributed by atoms with E-state index in [0.717, 1.165) is 6.07 Å². The van der Waals surface area contributed by atoms with Crippen molar-refractivity contribution in [3.8, 4) is 0 Å². The largest absolute Gasteiger partial charge is 0.416 e. The van der Waals surface area contributed by atoms with E-state index in [1.165, 1.54) is 12.0 Å². The Balaban J connectivity index is 2.30. The van der Waals surface area contributed by atoms with Crippen molar-refractivity contribution >= 4 is 11.9 Å². The molecule has 6 nitrogen and oxygen atoms in total. The molecule has 0 saturated carbocycles. The molecule has 2 atom stereocenters. The molecule has 1 heterocycles. The Morgan fingerprint density at radius 3 is 2.65 bits per heavy atom. The van der Waals surface area contributed by atoms with Crippen molar-refractivity contribution in [2.45, 2.75) is 37.6 Å². The number of rotatable bonds is 5. The van der Waals surface area contributed by atoms with Crippen LogP contribution in [0, 0.1) is 5.82 Å². The predicted octanol–water partition coefficient (Wildman–Crippen LogP) is 2.02. The number of halogens is 4. The Labute approximate surface area is 147 Å². The summed E-state index contributed by atoms with van der Waals surface area (Å²) >= 11 is 0. The summed E-state index contributed by atoms with van der Waals surface area (Å²) in [5.74, 6) is -1.40. The van der Waals surface area contributed by atoms with Gasteiger partial charge in [-0.2, -0.15) is 13.2 Å². The number of likely N-dealkylation sites (tertiary alicyclic amines) is 1. The number of benzene rings is 1. The van der Waals surface area contributed by atoms with Crippen LogP contribution < -0.4 is 11.1 Å². The van der Waals surface area contributed by atoms with E-state index in [0.29, 0.717) is 25.0 Å². The van der Waals surface area contributed by atoms with Crippen LogP contribution in [0.4, 0.5) is 22.4 Å². The fourth-order valence-corrected chi connectivity index (χ4v) is 2.95. The summed E-state index contributed by atoms with van der Waals surface area (Å²) in [5.41, 5.74) is 3.76. The van der Waals surface area contributed by atoms with E-state index in [-0.39, 0.29) is 18.7 Å². The van der Waals surface area contributed by atoms with Crippen molar-refractivity contribution in [1.82, 2.24) is 10.2 Å². The van der Waals surface area contributed by atoms with Crippen molar-refractivity contribution < 1.29 is 31.9 Å². The molecule has 3 amide bonds. The molecule has 0 aromatic heterocycles. The third kappa shape index (κ3) is 4.63. The molecule has 1 saturated heterocycles. The zero-order chi connectivity index (χ0) is 19.5. The van der Waals surface area contributed by atoms with Gasteiger partial charge in [-0.3, -0.25) is 4.79 Å². The van der Waals surface area contributed by atoms with Crippen LogP contribution in [0.25, 0.3) is 0 Å². The minimum absolute atomic E-state index is 0.135. The highest BCUT2D eigenvalue weighted by Gasteiger charge is 2.37. The van der Waals surface area contributed by atoms with Crippen LogP contribution in [0.1, 0.15) is 24.0 Å². The maximum Gasteiger partial charge on any atom is 0.416 e. The summed E-state index contributed by atoms with van der Waals surface area (Å²) in [6.45, 7) is -0.241. The Morgan fingerprint density at radius 1 is 1.38 bits per heavy atom. The molecule has 1 aliphatic rings. The molecule has 26 heavy (non-hydrogen) atoms. The van der Waals surface area contributed by atoms with E-state index in [9.17, 15) is 27.2 Å². The number of ether oxygens (including phenoxy) is 1. The second-order valence-corrected chi connectivity index (χ2v) is 6.02. The Bertz CT molecular complexity index is 681. The van der Waals surface area contributed by atoms with Crippen LogP contribution >= 0.6 is 0 Å². The lowest BCUT2D eigenvalue weighted by atomic mass is 9.96. The number of carbonyl (C=O) groups excluding carboxylic acids is 2. The van der Waals surface area contributed by atoms with Crippen LogP contribution in [0.3, 0.4) is 0 Å². The van der Waals surface area contributed by atoms with Crippen LogP contribution in [0.2, 0.25) is 0 Å². The number of hydrogen-bond donors (Lipinski definition) is 2. The van der Waals surface area contributed by atoms with Crippen molar-refractivity contribution in [2.24, 2.45) is 5.73 Å². The topological polar surface area (TPSA) is 84.7 Å². The van der Waals surface area contributed by atoms with Crippen LogP contribution in [-0.4, -0.2) is 42.6 Å². The number of primary amides is 1. The molecular weight excluding hydrogens is 358 g/mol. The van der Waals surface area contributed by atoms with Gasteiger partial charge >= 0.3 is 12.2 Å². The standard InChI is InChI=1S/C16H19F4N3O3/c1-26-8-11-3-5-13(22-15(21)25)14(24)23(11)7-9-6-10(16(18,19)20)2-4-12(9)17/h2,4,6,11,13H,3,5,7-8H2,1H3,(H3,21,22,25)/t11-,13+/m0/s1. The normalized spacial score (nSPS) is 21.0. The first-order chi connectivity index (χ1) is 12.1. The molecule has 0 unspecified atom stereocenters. The fourth-order valence-electron chi connectivity index (χ4n) is 2.95. The van der Waals surface area contributed by atoms with E-state index in [1.54, 1.807) is 0 Å². The zero-order valence-electron chi connectivity index (χ0n) is 14.0. The Morgan fingerprint density at radius 2 is 2.08 bits per heavy atom. The minimum Gasteiger partial charge on any atom is -0.383 e. The molecule has 0 radical (unpaired) electrons. The first-order valence-electron chi connectivity index (χ1n) is 7.84. The highest BCUT2D eigenvalue weighted by molar-refractivity contribution is 5.87. The number of carbonyl (C=O) groups is 2. The molecule has 1 aromatic carbocycles. The summed E-state index contributed by atoms with van der Waals surface area (Å²) in [7, 11) is 1.42. The number of nitrogens with zero attached hydrogens (tertiary/aromatic N) is 1. The summed E-state index contributed by atoms with van der Waals surface area (Å²) in [6, 6.07) is -0.212. The molecule has 10 heteroatoms. The number of hydrogen-bond acceptors (Lipinski definition) is 3. The summed E-state index contributed by atoms with van der Waals surface area (Å²) in [6.07, 6.45) is -3.90. The number of alkyl halides is 3. The number of urea groups is 1. The average molecular weight is 377 g/mol. The molecule has 1 fully saturated rings. The highest BCUT2D eigenvalue weighted by atomic mass is 19.4. The van der Waals surface area contributed by atoms with E-state index in [4.69, 9.17) is 10.5 Å². The third-order valence-electron chi connectivity index (χ3n) is 4.20. The van der Waals surface area contributed by atoms with Crippen LogP contribution in [-0.2, 0) is 22.3 Å². The number of nitrogens with one attached hydrogen (secondary N) is 1. The molecule has 0 bridgehead atoms. The number of methoxy groups -OCH3 is 1. The smallest absolute Gasteiger partial charge is 0.383 e. The molecule has 1 aliphatic heterocycles. The average Bonchev–Trinajstić information content (AvgIpc) is 2.54. The predicted molar refractivity (Wildman–Crippen MR) is 83.4 cm³/mol. The summed E-state index contributed by atoms with van der Waals surface area (Å²) in [5, 5.41) is 2.29. The number of piperidine rings is 1. The zero-order valence-corrected chi connectivity index (χ0v) is 14.0. The maximum absolute atomic E-state index is 14.0. The van der Waals surface area contributed by atoms with Crippen molar-refractivity contribution in [2.75, 3.05) is 13.7 Å². The molecule has 1 aromatic rings. The molecule has 2 rings (SSSR count). The van der Waals surface area contributed by atoms with Gasteiger partial charge in [0.1, 0.15) is 11.9 Å². The lowest BCUT2D eigenvalue weighted by Crippen LogP contribution is -2.57. The van der Waals surface area contributed by atoms with Gasteiger partial charge in [-0.15, -0.1) is 0 Å².